The minimum absolute atomic E-state index is 0.0814. The van der Waals surface area contributed by atoms with E-state index in [9.17, 15) is 5.11 Å². The third kappa shape index (κ3) is 7.22. The molecule has 0 aliphatic carbocycles. The van der Waals surface area contributed by atoms with E-state index in [1.165, 1.54) is 0 Å². The van der Waals surface area contributed by atoms with E-state index in [1.807, 2.05) is 6.07 Å². The third-order valence-corrected chi connectivity index (χ3v) is 5.18. The van der Waals surface area contributed by atoms with Crippen molar-refractivity contribution in [3.8, 4) is 17.2 Å². The van der Waals surface area contributed by atoms with Crippen LogP contribution in [0.15, 0.2) is 12.1 Å². The van der Waals surface area contributed by atoms with Gasteiger partial charge in [0.05, 0.1) is 13.2 Å². The summed E-state index contributed by atoms with van der Waals surface area (Å²) in [5.74, 6) is 2.21. The number of phenolic OH excluding ortho intramolecular Hbond substituents is 1. The number of hydrogen-bond acceptors (Lipinski definition) is 6. The van der Waals surface area contributed by atoms with Gasteiger partial charge in [-0.2, -0.15) is 5.21 Å². The summed E-state index contributed by atoms with van der Waals surface area (Å²) in [6, 6.07) is 3.59. The van der Waals surface area contributed by atoms with Crippen molar-refractivity contribution in [3.05, 3.63) is 23.5 Å². The number of aryl methyl sites for hydroxylation is 1. The van der Waals surface area contributed by atoms with Crippen molar-refractivity contribution >= 4 is 0 Å². The number of aromatic amines is 1. The highest BCUT2D eigenvalue weighted by Crippen LogP contribution is 2.35. The highest BCUT2D eigenvalue weighted by atomic mass is 16.5. The lowest BCUT2D eigenvalue weighted by molar-refractivity contribution is 0.280. The fraction of sp³-hybridized carbons (Fsp3) is 0.682. The quantitative estimate of drug-likeness (QED) is 0.433. The smallest absolute Gasteiger partial charge is 0.180 e. The Bertz CT molecular complexity index is 717. The van der Waals surface area contributed by atoms with E-state index in [0.717, 1.165) is 68.5 Å². The Kier molecular flexibility index (Phi) is 9.22. The van der Waals surface area contributed by atoms with Crippen LogP contribution in [-0.2, 0) is 11.8 Å². The molecule has 162 valence electrons. The summed E-state index contributed by atoms with van der Waals surface area (Å²) >= 11 is 0. The second kappa shape index (κ2) is 11.6. The van der Waals surface area contributed by atoms with Crippen LogP contribution in [0, 0.1) is 0 Å². The first-order valence-electron chi connectivity index (χ1n) is 10.8. The second-order valence-electron chi connectivity index (χ2n) is 8.12. The molecule has 0 bridgehead atoms. The maximum atomic E-state index is 10.3. The van der Waals surface area contributed by atoms with Crippen LogP contribution in [0.3, 0.4) is 0 Å². The zero-order valence-corrected chi connectivity index (χ0v) is 18.3. The van der Waals surface area contributed by atoms with E-state index < -0.39 is 0 Å². The first-order valence-corrected chi connectivity index (χ1v) is 10.8. The molecule has 1 aromatic heterocycles. The average Bonchev–Trinajstić information content (AvgIpc) is 3.25. The van der Waals surface area contributed by atoms with Crippen molar-refractivity contribution in [1.29, 1.82) is 0 Å². The van der Waals surface area contributed by atoms with Gasteiger partial charge in [-0.25, -0.2) is 0 Å². The molecule has 0 aliphatic heterocycles. The third-order valence-electron chi connectivity index (χ3n) is 5.18. The van der Waals surface area contributed by atoms with E-state index in [1.54, 1.807) is 6.07 Å². The van der Waals surface area contributed by atoms with Crippen molar-refractivity contribution in [3.63, 3.8) is 0 Å². The Balaban J connectivity index is 1.76. The Morgan fingerprint density at radius 3 is 2.34 bits per heavy atom. The maximum Gasteiger partial charge on any atom is 0.180 e. The van der Waals surface area contributed by atoms with Gasteiger partial charge in [0.25, 0.3) is 0 Å². The SMILES string of the molecule is CCCCCOc1cc(CC)c(OCCCCCC(C)(C)c2nn[nH]n2)cc1O. The van der Waals surface area contributed by atoms with Crippen LogP contribution in [-0.4, -0.2) is 38.9 Å². The second-order valence-corrected chi connectivity index (χ2v) is 8.12. The molecule has 0 unspecified atom stereocenters. The van der Waals surface area contributed by atoms with Crippen molar-refractivity contribution in [2.75, 3.05) is 13.2 Å². The number of nitrogens with zero attached hydrogens (tertiary/aromatic N) is 3. The van der Waals surface area contributed by atoms with Crippen LogP contribution in [0.2, 0.25) is 0 Å². The normalized spacial score (nSPS) is 11.6. The molecule has 2 N–H and O–H groups in total. The lowest BCUT2D eigenvalue weighted by Gasteiger charge is -2.20. The number of hydrogen-bond donors (Lipinski definition) is 2. The average molecular weight is 405 g/mol. The van der Waals surface area contributed by atoms with Gasteiger partial charge in [-0.15, -0.1) is 10.2 Å². The number of aromatic nitrogens is 4. The number of rotatable bonds is 14. The number of H-pyrrole nitrogens is 1. The predicted molar refractivity (Wildman–Crippen MR) is 114 cm³/mol. The Labute approximate surface area is 174 Å². The summed E-state index contributed by atoms with van der Waals surface area (Å²) in [6.45, 7) is 9.78. The summed E-state index contributed by atoms with van der Waals surface area (Å²) in [4.78, 5) is 0. The molecule has 0 spiro atoms. The standard InChI is InChI=1S/C22H36N4O3/c1-5-7-10-13-29-20-15-17(6-2)19(16-18(20)27)28-14-11-8-9-12-22(3,4)21-23-25-26-24-21/h15-16,27H,5-14H2,1-4H3,(H,23,24,25,26). The van der Waals surface area contributed by atoms with Crippen LogP contribution >= 0.6 is 0 Å². The van der Waals surface area contributed by atoms with Gasteiger partial charge in [0.2, 0.25) is 0 Å². The molecule has 0 aliphatic rings. The van der Waals surface area contributed by atoms with Crippen molar-refractivity contribution in [2.24, 2.45) is 0 Å². The molecule has 0 radical (unpaired) electrons. The fourth-order valence-electron chi connectivity index (χ4n) is 3.24. The zero-order valence-electron chi connectivity index (χ0n) is 18.3. The van der Waals surface area contributed by atoms with Crippen LogP contribution < -0.4 is 9.47 Å². The van der Waals surface area contributed by atoms with E-state index in [0.29, 0.717) is 19.0 Å². The van der Waals surface area contributed by atoms with Crippen LogP contribution in [0.5, 0.6) is 17.2 Å². The van der Waals surface area contributed by atoms with Crippen molar-refractivity contribution < 1.29 is 14.6 Å². The maximum absolute atomic E-state index is 10.3. The first kappa shape index (κ1) is 23.0. The van der Waals surface area contributed by atoms with Gasteiger partial charge in [0, 0.05) is 11.5 Å². The molecule has 0 saturated carbocycles. The molecule has 2 rings (SSSR count). The lowest BCUT2D eigenvalue weighted by atomic mass is 9.86. The topological polar surface area (TPSA) is 93.2 Å². The van der Waals surface area contributed by atoms with E-state index in [2.05, 4.69) is 48.3 Å². The summed E-state index contributed by atoms with van der Waals surface area (Å²) in [7, 11) is 0. The Hall–Kier alpha value is -2.31. The van der Waals surface area contributed by atoms with Crippen LogP contribution in [0.1, 0.15) is 84.0 Å². The largest absolute Gasteiger partial charge is 0.504 e. The molecule has 0 fully saturated rings. The van der Waals surface area contributed by atoms with Gasteiger partial charge in [0.1, 0.15) is 5.75 Å². The number of nitrogens with one attached hydrogen (secondary N) is 1. The van der Waals surface area contributed by atoms with Crippen LogP contribution in [0.4, 0.5) is 0 Å². The van der Waals surface area contributed by atoms with E-state index >= 15 is 0 Å². The molecule has 0 amide bonds. The number of benzene rings is 1. The molecule has 1 aromatic carbocycles. The number of ether oxygens (including phenoxy) is 2. The number of phenols is 1. The molecule has 1 heterocycles. The van der Waals surface area contributed by atoms with Gasteiger partial charge in [-0.1, -0.05) is 58.6 Å². The number of tetrazole rings is 1. The Morgan fingerprint density at radius 1 is 0.966 bits per heavy atom. The number of aromatic hydroxyl groups is 1. The molecule has 29 heavy (non-hydrogen) atoms. The van der Waals surface area contributed by atoms with Gasteiger partial charge in [-0.05, 0) is 37.3 Å². The molecular weight excluding hydrogens is 368 g/mol. The summed E-state index contributed by atoms with van der Waals surface area (Å²) in [5.41, 5.74) is 0.980. The Morgan fingerprint density at radius 2 is 1.69 bits per heavy atom. The molecule has 7 nitrogen and oxygen atoms in total. The van der Waals surface area contributed by atoms with Crippen molar-refractivity contribution in [1.82, 2.24) is 20.6 Å². The van der Waals surface area contributed by atoms with Gasteiger partial charge in [-0.3, -0.25) is 0 Å². The molecule has 2 aromatic rings. The van der Waals surface area contributed by atoms with Gasteiger partial charge < -0.3 is 14.6 Å². The van der Waals surface area contributed by atoms with E-state index in [-0.39, 0.29) is 11.2 Å². The summed E-state index contributed by atoms with van der Waals surface area (Å²) in [5, 5.41) is 24.6. The minimum atomic E-state index is -0.0814. The monoisotopic (exact) mass is 404 g/mol. The molecular formula is C22H36N4O3. The summed E-state index contributed by atoms with van der Waals surface area (Å²) in [6.07, 6.45) is 8.21. The molecule has 0 atom stereocenters. The first-order chi connectivity index (χ1) is 14.0. The van der Waals surface area contributed by atoms with Gasteiger partial charge in [0.15, 0.2) is 17.3 Å². The fourth-order valence-corrected chi connectivity index (χ4v) is 3.24. The molecule has 0 saturated heterocycles. The van der Waals surface area contributed by atoms with Crippen molar-refractivity contribution in [2.45, 2.75) is 84.5 Å². The van der Waals surface area contributed by atoms with E-state index in [4.69, 9.17) is 9.47 Å². The lowest BCUT2D eigenvalue weighted by Crippen LogP contribution is -2.19. The summed E-state index contributed by atoms with van der Waals surface area (Å²) < 4.78 is 11.7. The minimum Gasteiger partial charge on any atom is -0.504 e. The zero-order chi connectivity index (χ0) is 21.1. The van der Waals surface area contributed by atoms with Gasteiger partial charge >= 0.3 is 0 Å². The molecule has 7 heteroatoms. The number of unbranched alkanes of at least 4 members (excludes halogenated alkanes) is 4. The highest BCUT2D eigenvalue weighted by molar-refractivity contribution is 5.50. The predicted octanol–water partition coefficient (Wildman–Crippen LogP) is 4.95. The highest BCUT2D eigenvalue weighted by Gasteiger charge is 2.24. The van der Waals surface area contributed by atoms with Crippen LogP contribution in [0.25, 0.3) is 0 Å².